The van der Waals surface area contributed by atoms with Crippen LogP contribution in [0.15, 0.2) is 48.7 Å². The van der Waals surface area contributed by atoms with Gasteiger partial charge in [-0.2, -0.15) is 0 Å². The number of nitrogens with zero attached hydrogens (tertiary/aromatic N) is 4. The van der Waals surface area contributed by atoms with Gasteiger partial charge in [-0.1, -0.05) is 0 Å². The number of fused-ring (bicyclic) bond motifs is 3. The van der Waals surface area contributed by atoms with Crippen molar-refractivity contribution in [2.75, 3.05) is 49.3 Å². The van der Waals surface area contributed by atoms with Crippen molar-refractivity contribution >= 4 is 49.4 Å². The van der Waals surface area contributed by atoms with Gasteiger partial charge in [-0.3, -0.25) is 0 Å². The molecule has 35 heavy (non-hydrogen) atoms. The Morgan fingerprint density at radius 3 is 2.46 bits per heavy atom. The maximum atomic E-state index is 12.3. The summed E-state index contributed by atoms with van der Waals surface area (Å²) in [5.74, 6) is 1.30. The average molecular weight is 495 g/mol. The van der Waals surface area contributed by atoms with Gasteiger partial charge in [0.1, 0.15) is 5.82 Å². The topological polar surface area (TPSA) is 118 Å². The lowest BCUT2D eigenvalue weighted by Gasteiger charge is -2.29. The first-order valence-corrected chi connectivity index (χ1v) is 13.2. The van der Waals surface area contributed by atoms with Crippen LogP contribution in [0.1, 0.15) is 6.92 Å². The molecule has 182 valence electrons. The van der Waals surface area contributed by atoms with Gasteiger partial charge < -0.3 is 20.3 Å². The summed E-state index contributed by atoms with van der Waals surface area (Å²) in [7, 11) is -3.46. The highest BCUT2D eigenvalue weighted by molar-refractivity contribution is 7.89. The van der Waals surface area contributed by atoms with Crippen LogP contribution >= 0.6 is 0 Å². The molecule has 4 aromatic rings. The van der Waals surface area contributed by atoms with E-state index >= 15 is 0 Å². The molecule has 0 aliphatic carbocycles. The van der Waals surface area contributed by atoms with E-state index in [1.54, 1.807) is 30.5 Å². The van der Waals surface area contributed by atoms with Crippen LogP contribution < -0.4 is 15.5 Å². The summed E-state index contributed by atoms with van der Waals surface area (Å²) in [4.78, 5) is 23.8. The Kier molecular flexibility index (Phi) is 6.03. The molecule has 1 aliphatic rings. The molecule has 1 fully saturated rings. The van der Waals surface area contributed by atoms with Crippen molar-refractivity contribution < 1.29 is 17.9 Å². The molecule has 0 spiro atoms. The first-order valence-electron chi connectivity index (χ1n) is 11.4. The fourth-order valence-corrected chi connectivity index (χ4v) is 5.04. The van der Waals surface area contributed by atoms with Gasteiger partial charge >= 0.3 is 6.03 Å². The molecule has 0 radical (unpaired) electrons. The van der Waals surface area contributed by atoms with Crippen LogP contribution in [-0.4, -0.2) is 67.5 Å². The monoisotopic (exact) mass is 494 g/mol. The van der Waals surface area contributed by atoms with Gasteiger partial charge in [0.05, 0.1) is 30.5 Å². The van der Waals surface area contributed by atoms with Gasteiger partial charge in [-0.05, 0) is 49.4 Å². The molecule has 2 aromatic heterocycles. The number of hydrogen-bond acceptors (Lipinski definition) is 7. The number of carbonyl (C=O) groups excluding carboxylic acids is 1. The van der Waals surface area contributed by atoms with Gasteiger partial charge in [-0.25, -0.2) is 27.2 Å². The Morgan fingerprint density at radius 2 is 1.77 bits per heavy atom. The lowest BCUT2D eigenvalue weighted by atomic mass is 10.1. The molecule has 1 aliphatic heterocycles. The second-order valence-electron chi connectivity index (χ2n) is 8.30. The van der Waals surface area contributed by atoms with Crippen molar-refractivity contribution in [3.8, 4) is 11.4 Å². The zero-order valence-electron chi connectivity index (χ0n) is 19.5. The summed E-state index contributed by atoms with van der Waals surface area (Å²) in [5, 5.41) is 7.07. The maximum absolute atomic E-state index is 12.3. The molecular weight excluding hydrogens is 468 g/mol. The second kappa shape index (κ2) is 9.16. The normalized spacial score (nSPS) is 14.4. The number of urea groups is 1. The van der Waals surface area contributed by atoms with Gasteiger partial charge in [0.25, 0.3) is 0 Å². The predicted octanol–water partition coefficient (Wildman–Crippen LogP) is 3.04. The zero-order chi connectivity index (χ0) is 24.6. The Morgan fingerprint density at radius 1 is 1.03 bits per heavy atom. The lowest BCUT2D eigenvalue weighted by molar-refractivity contribution is 0.122. The van der Waals surface area contributed by atoms with Crippen LogP contribution in [-0.2, 0) is 14.8 Å². The van der Waals surface area contributed by atoms with Crippen molar-refractivity contribution in [3.05, 3.63) is 48.7 Å². The molecule has 0 bridgehead atoms. The SMILES string of the molecule is CCNC(=O)Nc1ccc(-c2nc(N3CCOCC3)c3ccc4c(ccn4S(C)(=O)=O)c3n2)cc1. The van der Waals surface area contributed by atoms with Crippen LogP contribution in [0, 0.1) is 0 Å². The van der Waals surface area contributed by atoms with Crippen LogP contribution in [0.4, 0.5) is 16.3 Å². The van der Waals surface area contributed by atoms with Crippen LogP contribution in [0.5, 0.6) is 0 Å². The number of anilines is 2. The van der Waals surface area contributed by atoms with E-state index in [-0.39, 0.29) is 6.03 Å². The van der Waals surface area contributed by atoms with E-state index in [0.717, 1.165) is 22.2 Å². The number of amides is 2. The number of nitrogens with one attached hydrogen (secondary N) is 2. The molecule has 0 saturated carbocycles. The van der Waals surface area contributed by atoms with Crippen LogP contribution in [0.25, 0.3) is 33.2 Å². The first kappa shape index (κ1) is 23.1. The molecule has 11 heteroatoms. The van der Waals surface area contributed by atoms with E-state index in [1.807, 2.05) is 25.1 Å². The summed E-state index contributed by atoms with van der Waals surface area (Å²) in [6.45, 7) is 5.00. The highest BCUT2D eigenvalue weighted by atomic mass is 32.2. The average Bonchev–Trinajstić information content (AvgIpc) is 3.30. The molecular formula is C24H26N6O4S. The minimum atomic E-state index is -3.46. The number of morpholine rings is 1. The molecule has 2 N–H and O–H groups in total. The summed E-state index contributed by atoms with van der Waals surface area (Å²) >= 11 is 0. The van der Waals surface area contributed by atoms with Gasteiger partial charge in [0, 0.05) is 47.9 Å². The highest BCUT2D eigenvalue weighted by Crippen LogP contribution is 2.33. The summed E-state index contributed by atoms with van der Waals surface area (Å²) in [6, 6.07) is 12.5. The van der Waals surface area contributed by atoms with Crippen LogP contribution in [0.2, 0.25) is 0 Å². The number of ether oxygens (including phenoxy) is 1. The Bertz CT molecular complexity index is 1510. The smallest absolute Gasteiger partial charge is 0.319 e. The number of benzene rings is 2. The first-order chi connectivity index (χ1) is 16.8. The van der Waals surface area contributed by atoms with Crippen molar-refractivity contribution in [1.82, 2.24) is 19.3 Å². The third kappa shape index (κ3) is 4.52. The molecule has 0 atom stereocenters. The van der Waals surface area contributed by atoms with Gasteiger partial charge in [0.15, 0.2) is 5.82 Å². The largest absolute Gasteiger partial charge is 0.378 e. The molecule has 1 saturated heterocycles. The third-order valence-corrected chi connectivity index (χ3v) is 6.92. The molecule has 2 aromatic carbocycles. The second-order valence-corrected chi connectivity index (χ2v) is 10.2. The zero-order valence-corrected chi connectivity index (χ0v) is 20.3. The molecule has 0 unspecified atom stereocenters. The fraction of sp³-hybridized carbons (Fsp3) is 0.292. The highest BCUT2D eigenvalue weighted by Gasteiger charge is 2.21. The summed E-state index contributed by atoms with van der Waals surface area (Å²) < 4.78 is 31.3. The fourth-order valence-electron chi connectivity index (χ4n) is 4.24. The maximum Gasteiger partial charge on any atom is 0.319 e. The quantitative estimate of drug-likeness (QED) is 0.438. The van der Waals surface area contributed by atoms with E-state index < -0.39 is 10.0 Å². The van der Waals surface area contributed by atoms with Crippen molar-refractivity contribution in [3.63, 3.8) is 0 Å². The summed E-state index contributed by atoms with van der Waals surface area (Å²) in [6.07, 6.45) is 2.73. The van der Waals surface area contributed by atoms with Crippen molar-refractivity contribution in [1.29, 1.82) is 0 Å². The Hall–Kier alpha value is -3.70. The Labute approximate surface area is 203 Å². The minimum Gasteiger partial charge on any atom is -0.378 e. The molecule has 2 amide bonds. The molecule has 3 heterocycles. The Balaban J connectivity index is 1.65. The van der Waals surface area contributed by atoms with Gasteiger partial charge in [0.2, 0.25) is 10.0 Å². The van der Waals surface area contributed by atoms with E-state index in [9.17, 15) is 13.2 Å². The predicted molar refractivity (Wildman–Crippen MR) is 136 cm³/mol. The lowest BCUT2D eigenvalue weighted by Crippen LogP contribution is -2.37. The van der Waals surface area contributed by atoms with E-state index in [0.29, 0.717) is 55.4 Å². The molecule has 10 nitrogen and oxygen atoms in total. The standard InChI is InChI=1S/C24H26N6O4S/c1-3-25-24(31)26-17-6-4-16(5-7-17)22-27-21-18-10-11-30(35(2,32)33)20(18)9-8-19(21)23(28-22)29-12-14-34-15-13-29/h4-11H,3,12-15H2,1-2H3,(H2,25,26,31). The number of hydrogen-bond donors (Lipinski definition) is 2. The number of rotatable bonds is 5. The van der Waals surface area contributed by atoms with Crippen molar-refractivity contribution in [2.45, 2.75) is 6.92 Å². The summed E-state index contributed by atoms with van der Waals surface area (Å²) in [5.41, 5.74) is 2.68. The van der Waals surface area contributed by atoms with E-state index in [2.05, 4.69) is 15.5 Å². The van der Waals surface area contributed by atoms with E-state index in [1.165, 1.54) is 10.2 Å². The minimum absolute atomic E-state index is 0.269. The van der Waals surface area contributed by atoms with E-state index in [4.69, 9.17) is 14.7 Å². The molecule has 5 rings (SSSR count). The number of aromatic nitrogens is 3. The number of carbonyl (C=O) groups is 1. The van der Waals surface area contributed by atoms with Crippen molar-refractivity contribution in [2.24, 2.45) is 0 Å². The van der Waals surface area contributed by atoms with Gasteiger partial charge in [-0.15, -0.1) is 0 Å². The van der Waals surface area contributed by atoms with Crippen LogP contribution in [0.3, 0.4) is 0 Å². The third-order valence-electron chi connectivity index (χ3n) is 5.88.